The number of Topliss-reactive ketones (excluding diaryl/α,β-unsaturated/α-hetero) is 1. The van der Waals surface area contributed by atoms with Gasteiger partial charge in [0, 0.05) is 29.7 Å². The van der Waals surface area contributed by atoms with Crippen LogP contribution in [0.15, 0.2) is 96.7 Å². The fourth-order valence-corrected chi connectivity index (χ4v) is 2.89. The van der Waals surface area contributed by atoms with Gasteiger partial charge < -0.3 is 10.2 Å². The smallest absolute Gasteiger partial charge is 0.267 e. The second-order valence-corrected chi connectivity index (χ2v) is 6.69. The molecule has 0 heterocycles. The zero-order valence-electron chi connectivity index (χ0n) is 16.6. The first kappa shape index (κ1) is 20.6. The minimum absolute atomic E-state index is 0.0228. The van der Waals surface area contributed by atoms with E-state index in [9.17, 15) is 14.9 Å². The van der Waals surface area contributed by atoms with Gasteiger partial charge in [-0.15, -0.1) is 0 Å². The van der Waals surface area contributed by atoms with Gasteiger partial charge in [0.2, 0.25) is 0 Å². The summed E-state index contributed by atoms with van der Waals surface area (Å²) in [6.45, 7) is 1.99. The van der Waals surface area contributed by atoms with Crippen LogP contribution in [-0.4, -0.2) is 11.7 Å². The van der Waals surface area contributed by atoms with E-state index < -0.39 is 5.91 Å². The van der Waals surface area contributed by atoms with E-state index in [2.05, 4.69) is 5.32 Å². The topological polar surface area (TPSA) is 73.2 Å². The lowest BCUT2D eigenvalue weighted by molar-refractivity contribution is -0.112. The number of carbonyl (C=O) groups is 2. The van der Waals surface area contributed by atoms with E-state index in [4.69, 9.17) is 0 Å². The summed E-state index contributed by atoms with van der Waals surface area (Å²) in [6.07, 6.45) is 1.56. The molecular weight excluding hydrogens is 374 g/mol. The molecule has 0 bridgehead atoms. The highest BCUT2D eigenvalue weighted by Gasteiger charge is 2.13. The molecule has 3 aromatic carbocycles. The van der Waals surface area contributed by atoms with Crippen LogP contribution in [0, 0.1) is 11.3 Å². The van der Waals surface area contributed by atoms with Gasteiger partial charge in [-0.05, 0) is 48.9 Å². The minimum atomic E-state index is -0.512. The van der Waals surface area contributed by atoms with Crippen LogP contribution in [0.4, 0.5) is 11.4 Å². The molecular formula is C25H21N3O2. The minimum Gasteiger partial charge on any atom is -0.342 e. The van der Waals surface area contributed by atoms with Crippen molar-refractivity contribution in [1.29, 1.82) is 5.26 Å². The zero-order valence-corrected chi connectivity index (χ0v) is 16.6. The van der Waals surface area contributed by atoms with Crippen LogP contribution in [0.1, 0.15) is 22.8 Å². The molecule has 3 rings (SSSR count). The molecule has 0 saturated carbocycles. The van der Waals surface area contributed by atoms with Gasteiger partial charge in [0.1, 0.15) is 11.6 Å². The van der Waals surface area contributed by atoms with E-state index in [1.807, 2.05) is 71.6 Å². The first-order valence-electron chi connectivity index (χ1n) is 9.46. The van der Waals surface area contributed by atoms with Gasteiger partial charge in [-0.2, -0.15) is 5.26 Å². The number of ketones is 1. The molecule has 3 aromatic rings. The largest absolute Gasteiger partial charge is 0.342 e. The number of anilines is 2. The lowest BCUT2D eigenvalue weighted by Crippen LogP contribution is -2.20. The molecule has 0 radical (unpaired) electrons. The third kappa shape index (κ3) is 5.43. The fraction of sp³-hybridized carbons (Fsp3) is 0.0800. The highest BCUT2D eigenvalue weighted by atomic mass is 16.1. The Bertz CT molecular complexity index is 1080. The van der Waals surface area contributed by atoms with Crippen molar-refractivity contribution in [3.8, 4) is 6.07 Å². The Morgan fingerprint density at radius 3 is 2.10 bits per heavy atom. The first-order chi connectivity index (χ1) is 14.6. The third-order valence-electron chi connectivity index (χ3n) is 4.48. The normalized spacial score (nSPS) is 10.7. The number of nitriles is 1. The maximum atomic E-state index is 12.7. The van der Waals surface area contributed by atoms with Gasteiger partial charge in [0.25, 0.3) is 5.91 Å². The average molecular weight is 395 g/mol. The predicted molar refractivity (Wildman–Crippen MR) is 118 cm³/mol. The quantitative estimate of drug-likeness (QED) is 0.349. The Balaban J connectivity index is 1.84. The second-order valence-electron chi connectivity index (χ2n) is 6.69. The number of nitrogens with zero attached hydrogens (tertiary/aromatic N) is 2. The van der Waals surface area contributed by atoms with E-state index in [-0.39, 0.29) is 11.4 Å². The number of nitrogens with one attached hydrogen (secondary N) is 1. The summed E-state index contributed by atoms with van der Waals surface area (Å²) in [4.78, 5) is 25.9. The summed E-state index contributed by atoms with van der Waals surface area (Å²) in [7, 11) is 0. The van der Waals surface area contributed by atoms with Gasteiger partial charge in [-0.3, -0.25) is 9.59 Å². The maximum absolute atomic E-state index is 12.7. The molecule has 5 nitrogen and oxygen atoms in total. The van der Waals surface area contributed by atoms with E-state index in [1.165, 1.54) is 6.92 Å². The molecule has 0 aliphatic rings. The SMILES string of the molecule is CC(=O)c1ccc(NC(=O)/C(C#N)=C\N(Cc2ccccc2)c2ccccc2)cc1. The molecule has 148 valence electrons. The van der Waals surface area contributed by atoms with Gasteiger partial charge in [0.05, 0.1) is 0 Å². The summed E-state index contributed by atoms with van der Waals surface area (Å²) < 4.78 is 0. The molecule has 0 aliphatic heterocycles. The number of rotatable bonds is 7. The van der Waals surface area contributed by atoms with Crippen LogP contribution in [0.2, 0.25) is 0 Å². The molecule has 1 N–H and O–H groups in total. The van der Waals surface area contributed by atoms with Gasteiger partial charge in [0.15, 0.2) is 5.78 Å². The molecule has 0 fully saturated rings. The summed E-state index contributed by atoms with van der Waals surface area (Å²) in [5.74, 6) is -0.563. The Morgan fingerprint density at radius 1 is 0.933 bits per heavy atom. The Morgan fingerprint density at radius 2 is 1.53 bits per heavy atom. The van der Waals surface area contributed by atoms with Crippen LogP contribution in [0.5, 0.6) is 0 Å². The van der Waals surface area contributed by atoms with Crippen molar-refractivity contribution in [2.45, 2.75) is 13.5 Å². The van der Waals surface area contributed by atoms with Crippen molar-refractivity contribution in [3.63, 3.8) is 0 Å². The Hall–Kier alpha value is -4.17. The first-order valence-corrected chi connectivity index (χ1v) is 9.46. The van der Waals surface area contributed by atoms with Crippen molar-refractivity contribution in [2.24, 2.45) is 0 Å². The van der Waals surface area contributed by atoms with E-state index in [0.29, 0.717) is 17.8 Å². The number of amides is 1. The van der Waals surface area contributed by atoms with Crippen molar-refractivity contribution in [3.05, 3.63) is 108 Å². The number of hydrogen-bond acceptors (Lipinski definition) is 4. The standard InChI is InChI=1S/C25H21N3O2/c1-19(29)21-12-14-23(15-13-21)27-25(30)22(16-26)18-28(24-10-6-3-7-11-24)17-20-8-4-2-5-9-20/h2-15,18H,17H2,1H3,(H,27,30)/b22-18-. The number of carbonyl (C=O) groups excluding carboxylic acids is 2. The average Bonchev–Trinajstić information content (AvgIpc) is 2.78. The van der Waals surface area contributed by atoms with Crippen molar-refractivity contribution >= 4 is 23.1 Å². The van der Waals surface area contributed by atoms with Crippen molar-refractivity contribution < 1.29 is 9.59 Å². The van der Waals surface area contributed by atoms with Crippen LogP contribution in [0.25, 0.3) is 0 Å². The Labute approximate surface area is 175 Å². The van der Waals surface area contributed by atoms with Crippen molar-refractivity contribution in [2.75, 3.05) is 10.2 Å². The third-order valence-corrected chi connectivity index (χ3v) is 4.48. The fourth-order valence-electron chi connectivity index (χ4n) is 2.89. The van der Waals surface area contributed by atoms with Gasteiger partial charge in [-0.1, -0.05) is 48.5 Å². The lowest BCUT2D eigenvalue weighted by atomic mass is 10.1. The molecule has 1 amide bonds. The molecule has 30 heavy (non-hydrogen) atoms. The lowest BCUT2D eigenvalue weighted by Gasteiger charge is -2.21. The molecule has 0 atom stereocenters. The summed E-state index contributed by atoms with van der Waals surface area (Å²) in [6, 6.07) is 27.9. The van der Waals surface area contributed by atoms with Gasteiger partial charge in [-0.25, -0.2) is 0 Å². The van der Waals surface area contributed by atoms with E-state index >= 15 is 0 Å². The van der Waals surface area contributed by atoms with Crippen LogP contribution in [-0.2, 0) is 11.3 Å². The molecule has 0 saturated heterocycles. The van der Waals surface area contributed by atoms with E-state index in [1.54, 1.807) is 30.5 Å². The highest BCUT2D eigenvalue weighted by molar-refractivity contribution is 6.07. The molecule has 0 spiro atoms. The molecule has 0 aliphatic carbocycles. The van der Waals surface area contributed by atoms with Gasteiger partial charge >= 0.3 is 0 Å². The molecule has 0 unspecified atom stereocenters. The highest BCUT2D eigenvalue weighted by Crippen LogP contribution is 2.19. The van der Waals surface area contributed by atoms with E-state index in [0.717, 1.165) is 11.3 Å². The summed E-state index contributed by atoms with van der Waals surface area (Å²) in [5, 5.41) is 12.3. The second kappa shape index (κ2) is 9.85. The zero-order chi connectivity index (χ0) is 21.3. The Kier molecular flexibility index (Phi) is 6.75. The number of hydrogen-bond donors (Lipinski definition) is 1. The monoisotopic (exact) mass is 395 g/mol. The maximum Gasteiger partial charge on any atom is 0.267 e. The summed E-state index contributed by atoms with van der Waals surface area (Å²) >= 11 is 0. The molecule has 5 heteroatoms. The predicted octanol–water partition coefficient (Wildman–Crippen LogP) is 4.94. The number of benzene rings is 3. The molecule has 0 aromatic heterocycles. The summed E-state index contributed by atoms with van der Waals surface area (Å²) in [5.41, 5.74) is 2.97. The van der Waals surface area contributed by atoms with Crippen LogP contribution in [0.3, 0.4) is 0 Å². The van der Waals surface area contributed by atoms with Crippen LogP contribution < -0.4 is 10.2 Å². The van der Waals surface area contributed by atoms with Crippen molar-refractivity contribution in [1.82, 2.24) is 0 Å². The van der Waals surface area contributed by atoms with Crippen LogP contribution >= 0.6 is 0 Å². The number of para-hydroxylation sites is 1.